The smallest absolute Gasteiger partial charge is 0.272 e. The molecule has 0 unspecified atom stereocenters. The lowest BCUT2D eigenvalue weighted by molar-refractivity contribution is -0.116. The van der Waals surface area contributed by atoms with Crippen LogP contribution in [0.1, 0.15) is 27.3 Å². The first-order chi connectivity index (χ1) is 10.9. The summed E-state index contributed by atoms with van der Waals surface area (Å²) in [5.41, 5.74) is 4.01. The molecule has 0 atom stereocenters. The maximum Gasteiger partial charge on any atom is 0.272 e. The molecule has 0 radical (unpaired) electrons. The van der Waals surface area contributed by atoms with Crippen LogP contribution in [-0.2, 0) is 4.79 Å². The Morgan fingerprint density at radius 3 is 2.48 bits per heavy atom. The van der Waals surface area contributed by atoms with Gasteiger partial charge in [-0.1, -0.05) is 18.2 Å². The Morgan fingerprint density at radius 1 is 1.09 bits per heavy atom. The van der Waals surface area contributed by atoms with Gasteiger partial charge in [0.25, 0.3) is 5.91 Å². The molecule has 120 valence electrons. The van der Waals surface area contributed by atoms with Gasteiger partial charge in [0.2, 0.25) is 5.91 Å². The summed E-state index contributed by atoms with van der Waals surface area (Å²) in [4.78, 5) is 30.0. The largest absolute Gasteiger partial charge is 0.331 e. The van der Waals surface area contributed by atoms with E-state index in [0.717, 1.165) is 22.5 Å². The number of benzene rings is 1. The molecule has 1 heterocycles. The van der Waals surface area contributed by atoms with Gasteiger partial charge < -0.3 is 10.2 Å². The number of amides is 2. The Hall–Kier alpha value is -2.69. The maximum absolute atomic E-state index is 12.3. The van der Waals surface area contributed by atoms with Crippen LogP contribution in [-0.4, -0.2) is 35.3 Å². The lowest BCUT2D eigenvalue weighted by atomic mass is 10.1. The summed E-state index contributed by atoms with van der Waals surface area (Å²) in [5, 5.41) is 2.85. The van der Waals surface area contributed by atoms with Gasteiger partial charge in [0.05, 0.1) is 6.54 Å². The second-order valence-corrected chi connectivity index (χ2v) is 5.62. The SMILES string of the molecule is Cc1cccc(C(=O)N(C)CC(=O)Nc2cccc(C)c2C)n1. The highest BCUT2D eigenvalue weighted by molar-refractivity contribution is 5.98. The lowest BCUT2D eigenvalue weighted by Gasteiger charge is -2.17. The molecule has 5 nitrogen and oxygen atoms in total. The molecule has 1 aromatic carbocycles. The van der Waals surface area contributed by atoms with Crippen LogP contribution < -0.4 is 5.32 Å². The first-order valence-corrected chi connectivity index (χ1v) is 7.43. The van der Waals surface area contributed by atoms with E-state index in [1.807, 2.05) is 45.0 Å². The van der Waals surface area contributed by atoms with Gasteiger partial charge in [-0.15, -0.1) is 0 Å². The van der Waals surface area contributed by atoms with Crippen molar-refractivity contribution in [3.8, 4) is 0 Å². The molecule has 0 aliphatic carbocycles. The second kappa shape index (κ2) is 7.05. The highest BCUT2D eigenvalue weighted by Crippen LogP contribution is 2.17. The van der Waals surface area contributed by atoms with Gasteiger partial charge in [-0.05, 0) is 50.1 Å². The number of aromatic nitrogens is 1. The van der Waals surface area contributed by atoms with Crippen LogP contribution in [0.4, 0.5) is 5.69 Å². The zero-order valence-electron chi connectivity index (χ0n) is 13.9. The van der Waals surface area contributed by atoms with Gasteiger partial charge in [-0.2, -0.15) is 0 Å². The minimum absolute atomic E-state index is 0.0260. The first-order valence-electron chi connectivity index (χ1n) is 7.43. The number of carbonyl (C=O) groups is 2. The third kappa shape index (κ3) is 4.16. The first kappa shape index (κ1) is 16.7. The Balaban J connectivity index is 2.02. The zero-order chi connectivity index (χ0) is 17.0. The number of nitrogens with one attached hydrogen (secondary N) is 1. The van der Waals surface area contributed by atoms with Crippen LogP contribution in [0.2, 0.25) is 0 Å². The van der Waals surface area contributed by atoms with E-state index in [4.69, 9.17) is 0 Å². The van der Waals surface area contributed by atoms with E-state index in [2.05, 4.69) is 10.3 Å². The van der Waals surface area contributed by atoms with Crippen LogP contribution in [0.3, 0.4) is 0 Å². The fourth-order valence-electron chi connectivity index (χ4n) is 2.22. The number of carbonyl (C=O) groups excluding carboxylic acids is 2. The van der Waals surface area contributed by atoms with Crippen molar-refractivity contribution in [1.82, 2.24) is 9.88 Å². The maximum atomic E-state index is 12.3. The van der Waals surface area contributed by atoms with Gasteiger partial charge in [0, 0.05) is 18.4 Å². The number of rotatable bonds is 4. The third-order valence-electron chi connectivity index (χ3n) is 3.71. The molecule has 5 heteroatoms. The molecule has 2 rings (SSSR count). The van der Waals surface area contributed by atoms with Crippen molar-refractivity contribution in [2.75, 3.05) is 18.9 Å². The summed E-state index contributed by atoms with van der Waals surface area (Å²) in [6.07, 6.45) is 0. The molecule has 1 aromatic heterocycles. The van der Waals surface area contributed by atoms with Crippen molar-refractivity contribution in [1.29, 1.82) is 0 Å². The average Bonchev–Trinajstić information content (AvgIpc) is 2.51. The van der Waals surface area contributed by atoms with Gasteiger partial charge in [0.15, 0.2) is 0 Å². The standard InChI is InChI=1S/C18H21N3O2/c1-12-7-5-9-15(14(12)3)20-17(22)11-21(4)18(23)16-10-6-8-13(2)19-16/h5-10H,11H2,1-4H3,(H,20,22). The molecule has 0 saturated carbocycles. The van der Waals surface area contributed by atoms with Crippen molar-refractivity contribution < 1.29 is 9.59 Å². The van der Waals surface area contributed by atoms with Crippen LogP contribution >= 0.6 is 0 Å². The molecule has 0 saturated heterocycles. The van der Waals surface area contributed by atoms with Crippen molar-refractivity contribution in [3.05, 3.63) is 58.9 Å². The summed E-state index contributed by atoms with van der Waals surface area (Å²) in [6.45, 7) is 5.74. The normalized spacial score (nSPS) is 10.3. The van der Waals surface area contributed by atoms with E-state index >= 15 is 0 Å². The molecule has 0 fully saturated rings. The highest BCUT2D eigenvalue weighted by Gasteiger charge is 2.16. The predicted molar refractivity (Wildman–Crippen MR) is 90.5 cm³/mol. The van der Waals surface area contributed by atoms with Gasteiger partial charge in [0.1, 0.15) is 5.69 Å². The third-order valence-corrected chi connectivity index (χ3v) is 3.71. The van der Waals surface area contributed by atoms with E-state index in [1.54, 1.807) is 19.2 Å². The van der Waals surface area contributed by atoms with Gasteiger partial charge >= 0.3 is 0 Å². The fourth-order valence-corrected chi connectivity index (χ4v) is 2.22. The Bertz CT molecular complexity index is 741. The summed E-state index contributed by atoms with van der Waals surface area (Å²) in [7, 11) is 1.59. The van der Waals surface area contributed by atoms with Crippen molar-refractivity contribution in [2.24, 2.45) is 0 Å². The summed E-state index contributed by atoms with van der Waals surface area (Å²) >= 11 is 0. The summed E-state index contributed by atoms with van der Waals surface area (Å²) < 4.78 is 0. The molecule has 0 aliphatic rings. The molecule has 2 aromatic rings. The number of aryl methyl sites for hydroxylation is 2. The molecule has 0 aliphatic heterocycles. The Kier molecular flexibility index (Phi) is 5.11. The van der Waals surface area contributed by atoms with Crippen LogP contribution in [0.15, 0.2) is 36.4 Å². The Labute approximate surface area is 136 Å². The number of hydrogen-bond acceptors (Lipinski definition) is 3. The number of pyridine rings is 1. The number of hydrogen-bond donors (Lipinski definition) is 1. The van der Waals surface area contributed by atoms with Crippen molar-refractivity contribution in [3.63, 3.8) is 0 Å². The van der Waals surface area contributed by atoms with Gasteiger partial charge in [-0.3, -0.25) is 9.59 Å². The van der Waals surface area contributed by atoms with E-state index in [1.165, 1.54) is 4.90 Å². The molecule has 0 bridgehead atoms. The predicted octanol–water partition coefficient (Wildman–Crippen LogP) is 2.72. The molecular weight excluding hydrogens is 290 g/mol. The monoisotopic (exact) mass is 311 g/mol. The average molecular weight is 311 g/mol. The summed E-state index contributed by atoms with van der Waals surface area (Å²) in [5.74, 6) is -0.507. The van der Waals surface area contributed by atoms with Crippen LogP contribution in [0.25, 0.3) is 0 Å². The van der Waals surface area contributed by atoms with Crippen molar-refractivity contribution in [2.45, 2.75) is 20.8 Å². The minimum atomic E-state index is -0.273. The topological polar surface area (TPSA) is 62.3 Å². The van der Waals surface area contributed by atoms with Crippen LogP contribution in [0, 0.1) is 20.8 Å². The van der Waals surface area contributed by atoms with E-state index in [0.29, 0.717) is 5.69 Å². The van der Waals surface area contributed by atoms with E-state index < -0.39 is 0 Å². The number of likely N-dealkylation sites (N-methyl/N-ethyl adjacent to an activating group) is 1. The van der Waals surface area contributed by atoms with Gasteiger partial charge in [-0.25, -0.2) is 4.98 Å². The van der Waals surface area contributed by atoms with Crippen LogP contribution in [0.5, 0.6) is 0 Å². The molecule has 1 N–H and O–H groups in total. The second-order valence-electron chi connectivity index (χ2n) is 5.62. The van der Waals surface area contributed by atoms with E-state index in [-0.39, 0.29) is 18.4 Å². The number of nitrogens with zero attached hydrogens (tertiary/aromatic N) is 2. The molecule has 0 spiro atoms. The molecule has 23 heavy (non-hydrogen) atoms. The quantitative estimate of drug-likeness (QED) is 0.944. The zero-order valence-corrected chi connectivity index (χ0v) is 13.9. The molecular formula is C18H21N3O2. The van der Waals surface area contributed by atoms with E-state index in [9.17, 15) is 9.59 Å². The Morgan fingerprint density at radius 2 is 1.78 bits per heavy atom. The summed E-state index contributed by atoms with van der Waals surface area (Å²) in [6, 6.07) is 11.0. The lowest BCUT2D eigenvalue weighted by Crippen LogP contribution is -2.35. The molecule has 2 amide bonds. The highest BCUT2D eigenvalue weighted by atomic mass is 16.2. The fraction of sp³-hybridized carbons (Fsp3) is 0.278. The van der Waals surface area contributed by atoms with Crippen molar-refractivity contribution >= 4 is 17.5 Å². The minimum Gasteiger partial charge on any atom is -0.331 e. The number of anilines is 1.